The third-order valence-corrected chi connectivity index (χ3v) is 24.3. The molecule has 51 heteroatoms. The molecule has 0 saturated carbocycles. The Balaban J connectivity index is 0.00000635. The third kappa shape index (κ3) is 44.8. The largest absolute Gasteiger partial charge is 0.508 e. The van der Waals surface area contributed by atoms with Crippen molar-refractivity contribution in [2.75, 3.05) is 18.6 Å². The van der Waals surface area contributed by atoms with Crippen molar-refractivity contribution < 1.29 is 144 Å². The zero-order chi connectivity index (χ0) is 112. The first-order valence-electron chi connectivity index (χ1n) is 48.6. The maximum absolute atomic E-state index is 15.1. The van der Waals surface area contributed by atoms with E-state index in [1.807, 2.05) is 0 Å². The molecule has 18 atom stereocenters. The van der Waals surface area contributed by atoms with E-state index in [-0.39, 0.29) is 94.5 Å². The highest BCUT2D eigenvalue weighted by atomic mass is 32.2. The second-order valence-corrected chi connectivity index (χ2v) is 38.3. The smallest absolute Gasteiger partial charge is 0.490 e. The van der Waals surface area contributed by atoms with Crippen LogP contribution < -0.4 is 90.8 Å². The minimum atomic E-state index is -5.08. The number of thioether (sulfide) groups is 1. The number of H-pyrrole nitrogens is 2. The third-order valence-electron chi connectivity index (χ3n) is 23.7. The molecule has 0 unspecified atom stereocenters. The lowest BCUT2D eigenvalue weighted by Gasteiger charge is -2.31. The molecule has 5 rings (SSSR count). The van der Waals surface area contributed by atoms with Crippen LogP contribution in [0.25, 0.3) is 10.9 Å². The van der Waals surface area contributed by atoms with Gasteiger partial charge in [0.1, 0.15) is 102 Å². The van der Waals surface area contributed by atoms with Crippen LogP contribution in [0, 0.1) is 29.6 Å². The van der Waals surface area contributed by atoms with Crippen molar-refractivity contribution in [3.8, 4) is 5.75 Å². The van der Waals surface area contributed by atoms with Crippen LogP contribution in [0.3, 0.4) is 0 Å². The van der Waals surface area contributed by atoms with Gasteiger partial charge >= 0.3 is 36.0 Å². The number of hydrogen-bond donors (Lipinski definition) is 25. The number of imidazole rings is 1. The molecule has 149 heavy (non-hydrogen) atoms. The van der Waals surface area contributed by atoms with E-state index in [0.29, 0.717) is 28.9 Å². The maximum atomic E-state index is 15.1. The quantitative estimate of drug-likeness (QED) is 0.0241. The Morgan fingerprint density at radius 1 is 0.403 bits per heavy atom. The molecular weight excluding hydrogens is 1980 g/mol. The number of benzene rings is 3. The summed E-state index contributed by atoms with van der Waals surface area (Å²) in [5, 5.41) is 99.0. The van der Waals surface area contributed by atoms with Crippen LogP contribution >= 0.6 is 11.8 Å². The first kappa shape index (κ1) is 126. The van der Waals surface area contributed by atoms with E-state index >= 15 is 4.79 Å². The summed E-state index contributed by atoms with van der Waals surface area (Å²) in [6.45, 7) is 20.5. The molecule has 822 valence electrons. The summed E-state index contributed by atoms with van der Waals surface area (Å²) >= 11 is 1.30. The van der Waals surface area contributed by atoms with Crippen LogP contribution in [0.15, 0.2) is 97.6 Å². The SMILES string of the molecule is CC[C@H](C)[C@H](NC(=O)[C@H](CC(=O)O)NC(=O)[C@H](CC(C)C)NC(=O)[C@H](Cc1cnc[nH]1)NC(=O)[C@H](C)NC(=O)[C@H](Cc1ccccc1)NC(=O)[C@H](Cc1ccc(O)cc1)NC(=O)[C@@H](NC(=O)[C@H](C)NC(=O)[C@H](CCC(=O)O)NC(=O)[C@H](CCCCN)NC(=O)[C@H](CC(=O)O)NC(=O)[C@H](CCSC)NC(=O)[C@H](CC(C)C)NC(C)=O)C(C)C)C(=O)N[C@H](C(=O)N[C@@H](Cc1c[nH]c2ccccc12)C(=O)O)[C@@H](C)CC.O=C(O)C(F)(F)F. The van der Waals surface area contributed by atoms with Crippen molar-refractivity contribution in [2.45, 2.75) is 296 Å². The Morgan fingerprint density at radius 2 is 0.785 bits per heavy atom. The van der Waals surface area contributed by atoms with Crippen molar-refractivity contribution in [2.24, 2.45) is 35.3 Å². The number of hydrogen-bond acceptors (Lipinski definition) is 25. The number of nitrogens with zero attached hydrogens (tertiary/aromatic N) is 1. The van der Waals surface area contributed by atoms with E-state index in [9.17, 15) is 130 Å². The summed E-state index contributed by atoms with van der Waals surface area (Å²) < 4.78 is 31.7. The second kappa shape index (κ2) is 63.0. The Bertz CT molecular complexity index is 5370. The van der Waals surface area contributed by atoms with Gasteiger partial charge in [0.05, 0.1) is 19.2 Å². The summed E-state index contributed by atoms with van der Waals surface area (Å²) in [5.41, 5.74) is 8.19. The van der Waals surface area contributed by atoms with Gasteiger partial charge in [0.2, 0.25) is 94.5 Å². The highest BCUT2D eigenvalue weighted by molar-refractivity contribution is 7.98. The summed E-state index contributed by atoms with van der Waals surface area (Å²) in [6, 6.07) is -4.20. The van der Waals surface area contributed by atoms with Crippen molar-refractivity contribution in [3.63, 3.8) is 0 Å². The monoisotopic (exact) mass is 2120 g/mol. The van der Waals surface area contributed by atoms with E-state index in [0.717, 1.165) is 10.9 Å². The number of halogens is 3. The number of aliphatic carboxylic acids is 5. The lowest BCUT2D eigenvalue weighted by molar-refractivity contribution is -0.192. The molecule has 0 aliphatic heterocycles. The molecule has 0 bridgehead atoms. The molecule has 3 aromatic carbocycles. The average Bonchev–Trinajstić information content (AvgIpc) is 1.61. The Labute approximate surface area is 862 Å². The first-order chi connectivity index (χ1) is 70.0. The van der Waals surface area contributed by atoms with Crippen LogP contribution in [0.4, 0.5) is 13.2 Å². The van der Waals surface area contributed by atoms with Gasteiger partial charge in [0.15, 0.2) is 0 Å². The zero-order valence-corrected chi connectivity index (χ0v) is 86.2. The lowest BCUT2D eigenvalue weighted by Crippen LogP contribution is -2.62. The van der Waals surface area contributed by atoms with Gasteiger partial charge in [0.25, 0.3) is 0 Å². The van der Waals surface area contributed by atoms with E-state index in [1.54, 1.807) is 122 Å². The molecule has 0 saturated heterocycles. The van der Waals surface area contributed by atoms with Gasteiger partial charge in [-0.25, -0.2) is 14.6 Å². The number of carbonyl (C=O) groups excluding carboxylic acids is 16. The lowest BCUT2D eigenvalue weighted by atomic mass is 9.94. The number of rotatable bonds is 63. The molecule has 2 heterocycles. The second-order valence-electron chi connectivity index (χ2n) is 37.3. The fourth-order valence-corrected chi connectivity index (χ4v) is 15.6. The van der Waals surface area contributed by atoms with Gasteiger partial charge in [-0.05, 0) is 142 Å². The van der Waals surface area contributed by atoms with Gasteiger partial charge < -0.3 is 131 Å². The topological polar surface area (TPSA) is 743 Å². The molecule has 16 amide bonds. The Kier molecular flexibility index (Phi) is 53.5. The number of phenolic OH excluding ortho intramolecular Hbond substituents is 1. The molecular formula is C98H141F3N20O27S. The van der Waals surface area contributed by atoms with Gasteiger partial charge in [-0.15, -0.1) is 0 Å². The molecule has 0 fully saturated rings. The fourth-order valence-electron chi connectivity index (χ4n) is 15.1. The standard InChI is InChI=1S/C96H140N20O25S.C2HF3O2/c1-15-52(9)79(94(138)113-74(96(140)141)42-59-46-99-63-27-21-20-26-62(59)63)116-95(139)80(53(10)16-2)115-92(136)73(45-77(123)124)111-88(132)68(39-50(5)6)108-90(134)71(43-60-47-98-48-100-60)107-81(125)54(11)102-86(130)69(40-57-24-18-17-19-25-57)109-89(133)70(41-58-29-31-61(118)32-30-58)112-93(137)78(51(7)8)114-82(126)55(12)101-83(127)65(33-34-75(119)120)105-84(128)64(28-22-23-36-97)104-91(135)72(44-76(121)122)110-85(129)66(35-37-142-14)106-87(131)67(38-49(3)4)103-56(13)117;3-2(4,5)1(6)7/h17-21,24-27,29-32,46-55,64-74,78-80,99,118H,15-16,22-23,28,33-45,97H2,1-14H3,(H,98,100)(H,101,127)(H,102,130)(H,103,117)(H,104,135)(H,105,128)(H,106,131)(H,107,125)(H,108,134)(H,109,133)(H,110,129)(H,111,132)(H,112,137)(H,113,138)(H,114,126)(H,115,136)(H,116,139)(H,119,120)(H,121,122)(H,123,124)(H,140,141);(H,6,7)/t52-,53-,54-,55-,64-,65-,66-,67-,68-,69-,70-,71-,72-,73-,74-,78-,79-,80-;/m0./s1. The number of unbranched alkanes of at least 4 members (excludes halogenated alkanes) is 1. The van der Waals surface area contributed by atoms with Crippen LogP contribution in [0.5, 0.6) is 5.75 Å². The summed E-state index contributed by atoms with van der Waals surface area (Å²) in [7, 11) is 0. The molecule has 47 nitrogen and oxygen atoms in total. The number of amides is 16. The van der Waals surface area contributed by atoms with Crippen LogP contribution in [0.2, 0.25) is 0 Å². The number of fused-ring (bicyclic) bond motifs is 1. The number of aromatic hydroxyl groups is 1. The van der Waals surface area contributed by atoms with Gasteiger partial charge in [-0.1, -0.05) is 143 Å². The molecule has 0 aliphatic rings. The number of alkyl halides is 3. The van der Waals surface area contributed by atoms with Crippen molar-refractivity contribution in [3.05, 3.63) is 120 Å². The van der Waals surface area contributed by atoms with Crippen molar-refractivity contribution >= 4 is 147 Å². The molecule has 0 radical (unpaired) electrons. The predicted octanol–water partition coefficient (Wildman–Crippen LogP) is 0.938. The van der Waals surface area contributed by atoms with E-state index in [4.69, 9.17) is 15.6 Å². The van der Waals surface area contributed by atoms with E-state index < -0.39 is 277 Å². The number of para-hydroxylation sites is 1. The van der Waals surface area contributed by atoms with Gasteiger partial charge in [0, 0.05) is 68.0 Å². The Morgan fingerprint density at radius 3 is 1.25 bits per heavy atom. The number of carboxylic acids is 5. The van der Waals surface area contributed by atoms with Crippen LogP contribution in [-0.2, 0) is 126 Å². The van der Waals surface area contributed by atoms with Crippen molar-refractivity contribution in [1.82, 2.24) is 100 Å². The summed E-state index contributed by atoms with van der Waals surface area (Å²) in [5.74, 6) is -26.9. The summed E-state index contributed by atoms with van der Waals surface area (Å²) in [6.07, 6.45) is -2.92. The van der Waals surface area contributed by atoms with Crippen LogP contribution in [-0.4, -0.2) is 291 Å². The fraction of sp³-hybridized carbons (Fsp3) is 0.551. The molecule has 0 spiro atoms. The number of aromatic nitrogens is 3. The van der Waals surface area contributed by atoms with Gasteiger partial charge in [-0.3, -0.25) is 91.1 Å². The number of aromatic amines is 2. The van der Waals surface area contributed by atoms with Crippen LogP contribution in [0.1, 0.15) is 189 Å². The predicted molar refractivity (Wildman–Crippen MR) is 535 cm³/mol. The highest BCUT2D eigenvalue weighted by Crippen LogP contribution is 2.23. The van der Waals surface area contributed by atoms with Gasteiger partial charge in [-0.2, -0.15) is 24.9 Å². The number of phenols is 1. The number of carbonyl (C=O) groups is 21. The van der Waals surface area contributed by atoms with E-state index in [1.165, 1.54) is 83.2 Å². The minimum absolute atomic E-state index is 0.0148. The normalized spacial score (nSPS) is 14.9. The molecule has 2 aromatic heterocycles. The average molecular weight is 2120 g/mol. The zero-order valence-electron chi connectivity index (χ0n) is 85.4. The number of nitrogens with one attached hydrogen (secondary N) is 18. The highest BCUT2D eigenvalue weighted by Gasteiger charge is 2.43. The molecule has 0 aliphatic carbocycles. The molecule has 26 N–H and O–H groups in total. The number of carboxylic acid groups (broad SMARTS) is 5. The first-order valence-corrected chi connectivity index (χ1v) is 49.9. The summed E-state index contributed by atoms with van der Waals surface area (Å²) in [4.78, 5) is 297. The maximum Gasteiger partial charge on any atom is 0.490 e. The number of nitrogens with two attached hydrogens (primary N) is 1. The van der Waals surface area contributed by atoms with E-state index in [2.05, 4.69) is 100 Å². The Hall–Kier alpha value is -14.8. The minimum Gasteiger partial charge on any atom is -0.508 e. The van der Waals surface area contributed by atoms with Crippen molar-refractivity contribution in [1.29, 1.82) is 0 Å². The molecule has 5 aromatic rings.